The third kappa shape index (κ3) is 1.84. The van der Waals surface area contributed by atoms with E-state index in [-0.39, 0.29) is 11.7 Å². The van der Waals surface area contributed by atoms with Crippen LogP contribution in [0.3, 0.4) is 0 Å². The lowest BCUT2D eigenvalue weighted by atomic mass is 10.00. The summed E-state index contributed by atoms with van der Waals surface area (Å²) in [5, 5.41) is 11.8. The Hall–Kier alpha value is -2.03. The zero-order valence-electron chi connectivity index (χ0n) is 10.2. The Balaban J connectivity index is 2.75. The van der Waals surface area contributed by atoms with Gasteiger partial charge < -0.3 is 10.0 Å². The second-order valence-corrected chi connectivity index (χ2v) is 4.33. The largest absolute Gasteiger partial charge is 0.506 e. The summed E-state index contributed by atoms with van der Waals surface area (Å²) in [4.78, 5) is 13.4. The van der Waals surface area contributed by atoms with Crippen LogP contribution >= 0.6 is 0 Å². The summed E-state index contributed by atoms with van der Waals surface area (Å²) in [5.74, 6) is -0.124. The van der Waals surface area contributed by atoms with Gasteiger partial charge in [0.2, 0.25) is 0 Å². The van der Waals surface area contributed by atoms with Crippen molar-refractivity contribution in [3.8, 4) is 5.75 Å². The van der Waals surface area contributed by atoms with Gasteiger partial charge in [-0.1, -0.05) is 24.3 Å². The molecule has 17 heavy (non-hydrogen) atoms. The predicted molar refractivity (Wildman–Crippen MR) is 68.4 cm³/mol. The lowest BCUT2D eigenvalue weighted by Crippen LogP contribution is -2.21. The normalized spacial score (nSPS) is 10.5. The van der Waals surface area contributed by atoms with E-state index in [0.717, 1.165) is 16.3 Å². The first-order valence-electron chi connectivity index (χ1n) is 5.45. The minimum Gasteiger partial charge on any atom is -0.506 e. The quantitative estimate of drug-likeness (QED) is 0.816. The smallest absolute Gasteiger partial charge is 0.257 e. The number of carbonyl (C=O) groups is 1. The van der Waals surface area contributed by atoms with Crippen molar-refractivity contribution in [2.75, 3.05) is 14.1 Å². The van der Waals surface area contributed by atoms with Gasteiger partial charge >= 0.3 is 0 Å². The topological polar surface area (TPSA) is 40.5 Å². The van der Waals surface area contributed by atoms with Gasteiger partial charge in [0.25, 0.3) is 5.91 Å². The van der Waals surface area contributed by atoms with Crippen LogP contribution < -0.4 is 0 Å². The Morgan fingerprint density at radius 2 is 1.76 bits per heavy atom. The summed E-state index contributed by atoms with van der Waals surface area (Å²) in [6.07, 6.45) is 0. The molecule has 2 rings (SSSR count). The molecule has 0 saturated carbocycles. The first kappa shape index (κ1) is 11.5. The summed E-state index contributed by atoms with van der Waals surface area (Å²) in [6, 6.07) is 9.27. The number of carbonyl (C=O) groups excluding carboxylic acids is 1. The van der Waals surface area contributed by atoms with Gasteiger partial charge in [-0.3, -0.25) is 4.79 Å². The molecule has 0 aliphatic heterocycles. The average Bonchev–Trinajstić information content (AvgIpc) is 2.33. The zero-order chi connectivity index (χ0) is 12.6. The fourth-order valence-corrected chi connectivity index (χ4v) is 1.95. The van der Waals surface area contributed by atoms with E-state index in [9.17, 15) is 9.90 Å². The van der Waals surface area contributed by atoms with Crippen molar-refractivity contribution >= 4 is 16.7 Å². The van der Waals surface area contributed by atoms with Crippen LogP contribution in [0.1, 0.15) is 15.9 Å². The van der Waals surface area contributed by atoms with E-state index in [0.29, 0.717) is 5.56 Å². The molecule has 0 atom stereocenters. The summed E-state index contributed by atoms with van der Waals surface area (Å²) in [7, 11) is 3.35. The lowest BCUT2D eigenvalue weighted by Gasteiger charge is -2.14. The molecule has 3 nitrogen and oxygen atoms in total. The van der Waals surface area contributed by atoms with Crippen molar-refractivity contribution in [1.82, 2.24) is 4.90 Å². The molecule has 0 heterocycles. The minimum atomic E-state index is -0.184. The molecule has 0 unspecified atom stereocenters. The molecule has 0 aliphatic rings. The van der Waals surface area contributed by atoms with E-state index in [1.807, 2.05) is 31.2 Å². The Morgan fingerprint density at radius 1 is 1.18 bits per heavy atom. The molecule has 0 saturated heterocycles. The first-order chi connectivity index (χ1) is 8.02. The van der Waals surface area contributed by atoms with Crippen LogP contribution in [0.4, 0.5) is 0 Å². The van der Waals surface area contributed by atoms with Crippen molar-refractivity contribution in [2.45, 2.75) is 6.92 Å². The molecule has 3 heteroatoms. The number of rotatable bonds is 1. The highest BCUT2D eigenvalue weighted by atomic mass is 16.3. The Labute approximate surface area is 100 Å². The number of aryl methyl sites for hydroxylation is 1. The van der Waals surface area contributed by atoms with Crippen molar-refractivity contribution < 1.29 is 9.90 Å². The van der Waals surface area contributed by atoms with Gasteiger partial charge in [0.05, 0.1) is 5.56 Å². The monoisotopic (exact) mass is 229 g/mol. The van der Waals surface area contributed by atoms with E-state index in [1.54, 1.807) is 20.2 Å². The molecular weight excluding hydrogens is 214 g/mol. The van der Waals surface area contributed by atoms with Crippen molar-refractivity contribution in [2.24, 2.45) is 0 Å². The van der Waals surface area contributed by atoms with Crippen LogP contribution in [-0.4, -0.2) is 30.0 Å². The van der Waals surface area contributed by atoms with Gasteiger partial charge in [-0.15, -0.1) is 0 Å². The van der Waals surface area contributed by atoms with Crippen LogP contribution in [0.5, 0.6) is 5.75 Å². The molecule has 0 bridgehead atoms. The highest BCUT2D eigenvalue weighted by molar-refractivity contribution is 6.04. The molecule has 0 fully saturated rings. The van der Waals surface area contributed by atoms with Gasteiger partial charge in [-0.05, 0) is 23.9 Å². The maximum atomic E-state index is 11.9. The van der Waals surface area contributed by atoms with Gasteiger partial charge in [-0.2, -0.15) is 0 Å². The number of amides is 1. The summed E-state index contributed by atoms with van der Waals surface area (Å²) in [6.45, 7) is 1.94. The molecule has 2 aromatic rings. The highest BCUT2D eigenvalue weighted by Gasteiger charge is 2.16. The number of phenols is 1. The van der Waals surface area contributed by atoms with E-state index >= 15 is 0 Å². The second kappa shape index (κ2) is 4.09. The number of fused-ring (bicyclic) bond motifs is 1. The van der Waals surface area contributed by atoms with Crippen LogP contribution in [0, 0.1) is 6.92 Å². The maximum Gasteiger partial charge on any atom is 0.257 e. The fraction of sp³-hybridized carbons (Fsp3) is 0.214. The molecule has 2 aromatic carbocycles. The van der Waals surface area contributed by atoms with E-state index < -0.39 is 0 Å². The summed E-state index contributed by atoms with van der Waals surface area (Å²) < 4.78 is 0. The van der Waals surface area contributed by atoms with Crippen LogP contribution in [0.15, 0.2) is 30.3 Å². The molecule has 0 aromatic heterocycles. The van der Waals surface area contributed by atoms with Gasteiger partial charge in [0, 0.05) is 19.5 Å². The molecule has 0 aliphatic carbocycles. The average molecular weight is 229 g/mol. The number of hydrogen-bond donors (Lipinski definition) is 1. The summed E-state index contributed by atoms with van der Waals surface area (Å²) in [5.41, 5.74) is 1.34. The minimum absolute atomic E-state index is 0.0601. The van der Waals surface area contributed by atoms with Gasteiger partial charge in [0.15, 0.2) is 0 Å². The van der Waals surface area contributed by atoms with Gasteiger partial charge in [-0.25, -0.2) is 0 Å². The molecule has 1 N–H and O–H groups in total. The Morgan fingerprint density at radius 3 is 2.35 bits per heavy atom. The number of aromatic hydroxyl groups is 1. The highest BCUT2D eigenvalue weighted by Crippen LogP contribution is 2.31. The number of hydrogen-bond acceptors (Lipinski definition) is 2. The molecule has 1 amide bonds. The predicted octanol–water partition coefficient (Wildman–Crippen LogP) is 2.56. The SMILES string of the molecule is Cc1cc(C(=O)N(C)C)c(O)c2ccccc12. The zero-order valence-corrected chi connectivity index (χ0v) is 10.2. The lowest BCUT2D eigenvalue weighted by molar-refractivity contribution is 0.0825. The fourth-order valence-electron chi connectivity index (χ4n) is 1.95. The number of phenolic OH excluding ortho intramolecular Hbond substituents is 1. The molecule has 88 valence electrons. The van der Waals surface area contributed by atoms with E-state index in [1.165, 1.54) is 4.90 Å². The number of nitrogens with zero attached hydrogens (tertiary/aromatic N) is 1. The second-order valence-electron chi connectivity index (χ2n) is 4.33. The van der Waals surface area contributed by atoms with Crippen LogP contribution in [0.2, 0.25) is 0 Å². The number of benzene rings is 2. The third-order valence-electron chi connectivity index (χ3n) is 2.86. The van der Waals surface area contributed by atoms with E-state index in [2.05, 4.69) is 0 Å². The van der Waals surface area contributed by atoms with Gasteiger partial charge in [0.1, 0.15) is 5.75 Å². The van der Waals surface area contributed by atoms with Crippen molar-refractivity contribution in [3.63, 3.8) is 0 Å². The third-order valence-corrected chi connectivity index (χ3v) is 2.86. The van der Waals surface area contributed by atoms with Crippen LogP contribution in [-0.2, 0) is 0 Å². The first-order valence-corrected chi connectivity index (χ1v) is 5.45. The Kier molecular flexibility index (Phi) is 2.76. The van der Waals surface area contributed by atoms with Crippen molar-refractivity contribution in [1.29, 1.82) is 0 Å². The molecular formula is C14H15NO2. The van der Waals surface area contributed by atoms with E-state index in [4.69, 9.17) is 0 Å². The maximum absolute atomic E-state index is 11.9. The van der Waals surface area contributed by atoms with Crippen LogP contribution in [0.25, 0.3) is 10.8 Å². The molecule has 0 radical (unpaired) electrons. The molecule has 0 spiro atoms. The van der Waals surface area contributed by atoms with Crippen molar-refractivity contribution in [3.05, 3.63) is 41.5 Å². The Bertz CT molecular complexity index is 588. The standard InChI is InChI=1S/C14H15NO2/c1-9-8-12(14(17)15(2)3)13(16)11-7-5-4-6-10(9)11/h4-8,16H,1-3H3. The summed E-state index contributed by atoms with van der Waals surface area (Å²) >= 11 is 0.